The molecule has 12 nitrogen and oxygen atoms in total. The minimum Gasteiger partial charge on any atom is -0.411 e. The van der Waals surface area contributed by atoms with E-state index in [0.29, 0.717) is 30.9 Å². The lowest BCUT2D eigenvalue weighted by Crippen LogP contribution is -2.56. The number of hydrazine groups is 1. The monoisotopic (exact) mass is 412 g/mol. The largest absolute Gasteiger partial charge is 0.434 e. The second-order valence-electron chi connectivity index (χ2n) is 7.87. The normalized spacial score (nSPS) is 13.9. The Hall–Kier alpha value is -2.57. The zero-order valence-electron chi connectivity index (χ0n) is 17.9. The number of rotatable bonds is 12. The van der Waals surface area contributed by atoms with Crippen LogP contribution in [0.25, 0.3) is 0 Å². The lowest BCUT2D eigenvalue weighted by atomic mass is 9.95. The van der Waals surface area contributed by atoms with Gasteiger partial charge in [0.25, 0.3) is 0 Å². The summed E-state index contributed by atoms with van der Waals surface area (Å²) in [6.45, 7) is 10.8. The Kier molecular flexibility index (Phi) is 8.67. The van der Waals surface area contributed by atoms with Crippen LogP contribution in [0, 0.1) is 10.1 Å². The topological polar surface area (TPSA) is 153 Å². The van der Waals surface area contributed by atoms with E-state index in [1.807, 2.05) is 39.8 Å². The molecule has 0 amide bonds. The molecule has 12 heteroatoms. The SMILES string of the molecule is CC(=NO)C(C)(C)NN(C)CCNC(C)(C)C(CCn1ccnc1[N+](=O)[O-])=NO. The number of aromatic nitrogens is 2. The molecule has 0 saturated heterocycles. The minimum absolute atomic E-state index is 0.245. The van der Waals surface area contributed by atoms with Crippen LogP contribution in [-0.4, -0.2) is 72.5 Å². The molecule has 1 heterocycles. The average Bonchev–Trinajstić information content (AvgIpc) is 3.09. The zero-order valence-corrected chi connectivity index (χ0v) is 17.9. The van der Waals surface area contributed by atoms with Crippen LogP contribution in [0.2, 0.25) is 0 Å². The number of nitrogens with zero attached hydrogens (tertiary/aromatic N) is 6. The van der Waals surface area contributed by atoms with Crippen LogP contribution in [0.5, 0.6) is 0 Å². The van der Waals surface area contributed by atoms with Crippen LogP contribution in [0.3, 0.4) is 0 Å². The fourth-order valence-corrected chi connectivity index (χ4v) is 2.74. The molecule has 164 valence electrons. The fraction of sp³-hybridized carbons (Fsp3) is 0.706. The van der Waals surface area contributed by atoms with E-state index in [1.165, 1.54) is 17.0 Å². The van der Waals surface area contributed by atoms with Gasteiger partial charge in [-0.1, -0.05) is 15.3 Å². The first-order chi connectivity index (χ1) is 13.4. The maximum absolute atomic E-state index is 11.0. The van der Waals surface area contributed by atoms with E-state index in [9.17, 15) is 15.3 Å². The molecule has 1 rings (SSSR count). The number of oxime groups is 2. The first-order valence-corrected chi connectivity index (χ1v) is 9.24. The second-order valence-corrected chi connectivity index (χ2v) is 7.87. The van der Waals surface area contributed by atoms with Gasteiger partial charge in [0, 0.05) is 26.6 Å². The van der Waals surface area contributed by atoms with Crippen molar-refractivity contribution in [2.24, 2.45) is 10.3 Å². The predicted octanol–water partition coefficient (Wildman–Crippen LogP) is 1.44. The highest BCUT2D eigenvalue weighted by molar-refractivity contribution is 5.92. The minimum atomic E-state index is -0.622. The summed E-state index contributed by atoms with van der Waals surface area (Å²) in [5.74, 6) is -0.245. The van der Waals surface area contributed by atoms with Gasteiger partial charge in [0.15, 0.2) is 0 Å². The maximum Gasteiger partial charge on any atom is 0.434 e. The summed E-state index contributed by atoms with van der Waals surface area (Å²) in [6, 6.07) is 0. The second kappa shape index (κ2) is 10.3. The van der Waals surface area contributed by atoms with E-state index < -0.39 is 16.0 Å². The van der Waals surface area contributed by atoms with Crippen molar-refractivity contribution in [2.75, 3.05) is 20.1 Å². The summed E-state index contributed by atoms with van der Waals surface area (Å²) in [7, 11) is 1.88. The molecule has 0 atom stereocenters. The number of nitrogens with one attached hydrogen (secondary N) is 2. The van der Waals surface area contributed by atoms with Gasteiger partial charge in [-0.25, -0.2) is 15.0 Å². The summed E-state index contributed by atoms with van der Waals surface area (Å²) in [5.41, 5.74) is 3.15. The van der Waals surface area contributed by atoms with Crippen molar-refractivity contribution in [1.82, 2.24) is 25.3 Å². The lowest BCUT2D eigenvalue weighted by Gasteiger charge is -2.33. The van der Waals surface area contributed by atoms with Crippen LogP contribution in [0.1, 0.15) is 41.0 Å². The molecule has 1 aromatic rings. The number of imidazole rings is 1. The van der Waals surface area contributed by atoms with E-state index in [-0.39, 0.29) is 12.5 Å². The van der Waals surface area contributed by atoms with Crippen molar-refractivity contribution < 1.29 is 15.3 Å². The van der Waals surface area contributed by atoms with Gasteiger partial charge in [0.2, 0.25) is 0 Å². The van der Waals surface area contributed by atoms with Crippen LogP contribution < -0.4 is 10.7 Å². The Labute approximate surface area is 170 Å². The molecule has 1 aromatic heterocycles. The van der Waals surface area contributed by atoms with Gasteiger partial charge in [0.1, 0.15) is 12.4 Å². The fourth-order valence-electron chi connectivity index (χ4n) is 2.74. The van der Waals surface area contributed by atoms with Crippen molar-refractivity contribution >= 4 is 17.4 Å². The summed E-state index contributed by atoms with van der Waals surface area (Å²) < 4.78 is 1.41. The van der Waals surface area contributed by atoms with Crippen molar-refractivity contribution in [3.8, 4) is 0 Å². The van der Waals surface area contributed by atoms with Crippen molar-refractivity contribution in [1.29, 1.82) is 0 Å². The Morgan fingerprint density at radius 2 is 1.97 bits per heavy atom. The molecule has 0 bridgehead atoms. The summed E-state index contributed by atoms with van der Waals surface area (Å²) in [4.78, 5) is 14.1. The van der Waals surface area contributed by atoms with Crippen molar-refractivity contribution in [3.63, 3.8) is 0 Å². The standard InChI is InChI=1S/C17H32N8O4/c1-13(20-26)16(2,3)22-23(6)11-9-19-17(4,5)14(21-27)7-10-24-12-8-18-15(24)25(28)29/h8,12,19,22,26-27H,7,9-11H2,1-6H3. The van der Waals surface area contributed by atoms with E-state index in [4.69, 9.17) is 5.21 Å². The molecule has 0 aromatic carbocycles. The van der Waals surface area contributed by atoms with Crippen LogP contribution in [-0.2, 0) is 6.54 Å². The van der Waals surface area contributed by atoms with E-state index >= 15 is 0 Å². The smallest absolute Gasteiger partial charge is 0.411 e. The maximum atomic E-state index is 11.0. The quantitative estimate of drug-likeness (QED) is 0.174. The molecule has 0 aliphatic rings. The molecule has 0 aliphatic heterocycles. The van der Waals surface area contributed by atoms with Gasteiger partial charge < -0.3 is 25.8 Å². The number of nitro groups is 1. The summed E-state index contributed by atoms with van der Waals surface area (Å²) in [6.07, 6.45) is 3.21. The molecular weight excluding hydrogens is 380 g/mol. The molecule has 0 spiro atoms. The molecule has 0 unspecified atom stereocenters. The molecule has 0 saturated carbocycles. The van der Waals surface area contributed by atoms with Crippen LogP contribution >= 0.6 is 0 Å². The zero-order chi connectivity index (χ0) is 22.2. The third kappa shape index (κ3) is 7.07. The van der Waals surface area contributed by atoms with Crippen molar-refractivity contribution in [3.05, 3.63) is 22.5 Å². The predicted molar refractivity (Wildman–Crippen MR) is 110 cm³/mol. The Morgan fingerprint density at radius 3 is 2.52 bits per heavy atom. The third-order valence-electron chi connectivity index (χ3n) is 4.83. The molecule has 29 heavy (non-hydrogen) atoms. The van der Waals surface area contributed by atoms with Crippen LogP contribution in [0.15, 0.2) is 22.7 Å². The number of likely N-dealkylation sites (N-methyl/N-ethyl adjacent to an activating group) is 1. The average molecular weight is 412 g/mol. The van der Waals surface area contributed by atoms with Crippen molar-refractivity contribution in [2.45, 2.75) is 58.7 Å². The Bertz CT molecular complexity index is 742. The van der Waals surface area contributed by atoms with Gasteiger partial charge in [-0.2, -0.15) is 0 Å². The Balaban J connectivity index is 2.59. The highest BCUT2D eigenvalue weighted by atomic mass is 16.6. The molecule has 4 N–H and O–H groups in total. The molecule has 0 fully saturated rings. The van der Waals surface area contributed by atoms with Gasteiger partial charge in [-0.3, -0.25) is 0 Å². The number of hydrogen-bond acceptors (Lipinski definition) is 10. The summed E-state index contributed by atoms with van der Waals surface area (Å²) >= 11 is 0. The number of aryl methyl sites for hydroxylation is 1. The Morgan fingerprint density at radius 1 is 1.31 bits per heavy atom. The van der Waals surface area contributed by atoms with E-state index in [0.717, 1.165) is 0 Å². The van der Waals surface area contributed by atoms with Gasteiger partial charge in [0.05, 0.1) is 29.0 Å². The first-order valence-electron chi connectivity index (χ1n) is 9.24. The third-order valence-corrected chi connectivity index (χ3v) is 4.83. The summed E-state index contributed by atoms with van der Waals surface area (Å²) in [5, 5.41) is 41.2. The number of hydrogen-bond donors (Lipinski definition) is 4. The highest BCUT2D eigenvalue weighted by Crippen LogP contribution is 2.13. The molecule has 0 aliphatic carbocycles. The van der Waals surface area contributed by atoms with Gasteiger partial charge in [-0.05, 0) is 39.5 Å². The highest BCUT2D eigenvalue weighted by Gasteiger charge is 2.27. The first kappa shape index (κ1) is 24.5. The van der Waals surface area contributed by atoms with Gasteiger partial charge in [-0.15, -0.1) is 0 Å². The molecular formula is C17H32N8O4. The van der Waals surface area contributed by atoms with Gasteiger partial charge >= 0.3 is 5.95 Å². The van der Waals surface area contributed by atoms with E-state index in [2.05, 4.69) is 26.0 Å². The van der Waals surface area contributed by atoms with E-state index in [1.54, 1.807) is 6.92 Å². The van der Waals surface area contributed by atoms with Crippen LogP contribution in [0.4, 0.5) is 5.95 Å². The molecule has 0 radical (unpaired) electrons. The lowest BCUT2D eigenvalue weighted by molar-refractivity contribution is -0.396.